The first-order chi connectivity index (χ1) is 11.7. The second-order valence-electron chi connectivity index (χ2n) is 6.44. The van der Waals surface area contributed by atoms with Gasteiger partial charge in [0.1, 0.15) is 5.82 Å². The maximum Gasteiger partial charge on any atom is 0.226 e. The zero-order valence-electron chi connectivity index (χ0n) is 14.0. The molecule has 1 atom stereocenters. The van der Waals surface area contributed by atoms with Crippen LogP contribution < -0.4 is 0 Å². The van der Waals surface area contributed by atoms with Gasteiger partial charge in [0.15, 0.2) is 5.82 Å². The molecule has 0 saturated heterocycles. The van der Waals surface area contributed by atoms with Crippen LogP contribution in [0.2, 0.25) is 0 Å². The van der Waals surface area contributed by atoms with Crippen molar-refractivity contribution in [3.8, 4) is 0 Å². The third-order valence-corrected chi connectivity index (χ3v) is 4.32. The van der Waals surface area contributed by atoms with Crippen molar-refractivity contribution in [3.63, 3.8) is 0 Å². The summed E-state index contributed by atoms with van der Waals surface area (Å²) in [6, 6.07) is 6.46. The van der Waals surface area contributed by atoms with Gasteiger partial charge in [-0.25, -0.2) is 4.39 Å². The summed E-state index contributed by atoms with van der Waals surface area (Å²) in [5, 5.41) is 14.5. The van der Waals surface area contributed by atoms with Crippen LogP contribution >= 0.6 is 0 Å². The Labute approximate surface area is 141 Å². The summed E-state index contributed by atoms with van der Waals surface area (Å²) in [6.07, 6.45) is 4.53. The van der Waals surface area contributed by atoms with Crippen LogP contribution in [0.25, 0.3) is 0 Å². The van der Waals surface area contributed by atoms with Crippen LogP contribution in [0.15, 0.2) is 28.8 Å². The number of benzene rings is 1. The molecule has 0 unspecified atom stereocenters. The number of aryl methyl sites for hydroxylation is 1. The van der Waals surface area contributed by atoms with Crippen LogP contribution in [0, 0.1) is 5.82 Å². The summed E-state index contributed by atoms with van der Waals surface area (Å²) in [5.41, 5.74) is 0.721. The van der Waals surface area contributed by atoms with Crippen molar-refractivity contribution >= 4 is 0 Å². The van der Waals surface area contributed by atoms with Gasteiger partial charge in [0.05, 0.1) is 12.6 Å². The molecule has 0 amide bonds. The average molecular weight is 333 g/mol. The number of halogens is 1. The van der Waals surface area contributed by atoms with Crippen molar-refractivity contribution in [3.05, 3.63) is 47.4 Å². The van der Waals surface area contributed by atoms with E-state index in [1.165, 1.54) is 12.1 Å². The smallest absolute Gasteiger partial charge is 0.226 e. The molecule has 1 fully saturated rings. The van der Waals surface area contributed by atoms with Gasteiger partial charge in [0.25, 0.3) is 0 Å². The van der Waals surface area contributed by atoms with E-state index in [4.69, 9.17) is 4.52 Å². The molecule has 0 radical (unpaired) electrons. The Morgan fingerprint density at radius 1 is 1.33 bits per heavy atom. The molecule has 0 spiro atoms. The molecule has 1 aliphatic carbocycles. The van der Waals surface area contributed by atoms with Crippen LogP contribution in [0.1, 0.15) is 56.0 Å². The van der Waals surface area contributed by atoms with E-state index in [1.807, 2.05) is 0 Å². The lowest BCUT2D eigenvalue weighted by molar-refractivity contribution is 0.102. The highest BCUT2D eigenvalue weighted by atomic mass is 19.1. The number of nitrogens with zero attached hydrogens (tertiary/aromatic N) is 3. The highest BCUT2D eigenvalue weighted by Gasteiger charge is 2.31. The Hall–Kier alpha value is -1.79. The van der Waals surface area contributed by atoms with E-state index in [2.05, 4.69) is 22.0 Å². The van der Waals surface area contributed by atoms with Crippen LogP contribution in [0.3, 0.4) is 0 Å². The minimum atomic E-state index is -0.655. The van der Waals surface area contributed by atoms with Crippen molar-refractivity contribution in [1.29, 1.82) is 0 Å². The van der Waals surface area contributed by atoms with Crippen LogP contribution in [0.5, 0.6) is 0 Å². The van der Waals surface area contributed by atoms with Gasteiger partial charge in [0.2, 0.25) is 5.89 Å². The number of rotatable bonds is 9. The number of unbranched alkanes of at least 4 members (excludes halogenated alkanes) is 1. The molecule has 5 nitrogen and oxygen atoms in total. The van der Waals surface area contributed by atoms with E-state index >= 15 is 0 Å². The molecule has 0 bridgehead atoms. The largest absolute Gasteiger partial charge is 0.387 e. The topological polar surface area (TPSA) is 62.4 Å². The Morgan fingerprint density at radius 3 is 2.75 bits per heavy atom. The summed E-state index contributed by atoms with van der Waals surface area (Å²) in [7, 11) is 0. The average Bonchev–Trinajstić information content (AvgIpc) is 3.33. The molecule has 24 heavy (non-hydrogen) atoms. The van der Waals surface area contributed by atoms with Crippen molar-refractivity contribution in [1.82, 2.24) is 15.0 Å². The number of hydrogen-bond acceptors (Lipinski definition) is 5. The standard InChI is InChI=1S/C18H24FN3O2/c1-2-3-4-18-20-17(21-24-18)12-22(15-9-10-15)11-16(23)13-5-7-14(19)8-6-13/h5-8,15-16,23H,2-4,9-12H2,1H3/t16-/m0/s1. The zero-order valence-corrected chi connectivity index (χ0v) is 14.0. The maximum absolute atomic E-state index is 13.0. The molecule has 3 rings (SSSR count). The first kappa shape index (κ1) is 17.0. The summed E-state index contributed by atoms with van der Waals surface area (Å²) in [5.74, 6) is 1.05. The number of aliphatic hydroxyl groups is 1. The van der Waals surface area contributed by atoms with E-state index in [-0.39, 0.29) is 5.82 Å². The number of aromatic nitrogens is 2. The molecule has 1 saturated carbocycles. The van der Waals surface area contributed by atoms with E-state index in [0.29, 0.717) is 30.8 Å². The van der Waals surface area contributed by atoms with Gasteiger partial charge in [-0.05, 0) is 37.0 Å². The van der Waals surface area contributed by atoms with Gasteiger partial charge in [0, 0.05) is 19.0 Å². The lowest BCUT2D eigenvalue weighted by Crippen LogP contribution is -2.30. The highest BCUT2D eigenvalue weighted by Crippen LogP contribution is 2.30. The van der Waals surface area contributed by atoms with E-state index in [1.54, 1.807) is 12.1 Å². The van der Waals surface area contributed by atoms with Gasteiger partial charge in [-0.15, -0.1) is 0 Å². The lowest BCUT2D eigenvalue weighted by atomic mass is 10.1. The number of hydrogen-bond donors (Lipinski definition) is 1. The molecule has 1 aromatic heterocycles. The summed E-state index contributed by atoms with van der Waals surface area (Å²) < 4.78 is 18.3. The fourth-order valence-electron chi connectivity index (χ4n) is 2.76. The van der Waals surface area contributed by atoms with Crippen molar-refractivity contribution < 1.29 is 14.0 Å². The van der Waals surface area contributed by atoms with Crippen molar-refractivity contribution in [2.45, 2.75) is 57.7 Å². The Morgan fingerprint density at radius 2 is 2.08 bits per heavy atom. The maximum atomic E-state index is 13.0. The molecule has 2 aromatic rings. The SMILES string of the molecule is CCCCc1nc(CN(C[C@H](O)c2ccc(F)cc2)C2CC2)no1. The Kier molecular flexibility index (Phi) is 5.58. The predicted octanol–water partition coefficient (Wildman–Crippen LogP) is 3.25. The normalized spacial score (nSPS) is 15.8. The monoisotopic (exact) mass is 333 g/mol. The Bertz CT molecular complexity index is 640. The second-order valence-corrected chi connectivity index (χ2v) is 6.44. The fraction of sp³-hybridized carbons (Fsp3) is 0.556. The first-order valence-corrected chi connectivity index (χ1v) is 8.64. The second kappa shape index (κ2) is 7.85. The molecule has 0 aliphatic heterocycles. The van der Waals surface area contributed by atoms with Gasteiger partial charge in [-0.3, -0.25) is 4.90 Å². The Balaban J connectivity index is 1.60. The lowest BCUT2D eigenvalue weighted by Gasteiger charge is -2.23. The van der Waals surface area contributed by atoms with Crippen LogP contribution in [-0.4, -0.2) is 32.7 Å². The van der Waals surface area contributed by atoms with Gasteiger partial charge in [-0.2, -0.15) is 4.98 Å². The third-order valence-electron chi connectivity index (χ3n) is 4.32. The van der Waals surface area contributed by atoms with Gasteiger partial charge in [-0.1, -0.05) is 30.6 Å². The van der Waals surface area contributed by atoms with E-state index in [0.717, 1.165) is 37.7 Å². The van der Waals surface area contributed by atoms with Gasteiger partial charge < -0.3 is 9.63 Å². The van der Waals surface area contributed by atoms with Crippen molar-refractivity contribution in [2.75, 3.05) is 6.54 Å². The van der Waals surface area contributed by atoms with Crippen LogP contribution in [-0.2, 0) is 13.0 Å². The minimum absolute atomic E-state index is 0.295. The summed E-state index contributed by atoms with van der Waals surface area (Å²) in [4.78, 5) is 6.62. The predicted molar refractivity (Wildman–Crippen MR) is 87.7 cm³/mol. The molecule has 1 aliphatic rings. The summed E-state index contributed by atoms with van der Waals surface area (Å²) >= 11 is 0. The molecule has 1 aromatic carbocycles. The highest BCUT2D eigenvalue weighted by molar-refractivity contribution is 5.19. The molecule has 1 heterocycles. The van der Waals surface area contributed by atoms with Gasteiger partial charge >= 0.3 is 0 Å². The third kappa shape index (κ3) is 4.61. The van der Waals surface area contributed by atoms with E-state index in [9.17, 15) is 9.50 Å². The molecule has 130 valence electrons. The molecular formula is C18H24FN3O2. The number of aliphatic hydroxyl groups excluding tert-OH is 1. The van der Waals surface area contributed by atoms with E-state index < -0.39 is 6.10 Å². The molecular weight excluding hydrogens is 309 g/mol. The van der Waals surface area contributed by atoms with Crippen molar-refractivity contribution in [2.24, 2.45) is 0 Å². The minimum Gasteiger partial charge on any atom is -0.387 e. The van der Waals surface area contributed by atoms with Crippen LogP contribution in [0.4, 0.5) is 4.39 Å². The molecule has 6 heteroatoms. The zero-order chi connectivity index (χ0) is 16.9. The fourth-order valence-corrected chi connectivity index (χ4v) is 2.76. The quantitative estimate of drug-likeness (QED) is 0.763. The molecule has 1 N–H and O–H groups in total. The summed E-state index contributed by atoms with van der Waals surface area (Å²) in [6.45, 7) is 3.18. The first-order valence-electron chi connectivity index (χ1n) is 8.64.